The van der Waals surface area contributed by atoms with E-state index in [2.05, 4.69) is 5.10 Å². The first kappa shape index (κ1) is 9.65. The summed E-state index contributed by atoms with van der Waals surface area (Å²) in [5.74, 6) is 0. The van der Waals surface area contributed by atoms with Crippen LogP contribution in [-0.2, 0) is 7.05 Å². The van der Waals surface area contributed by atoms with Crippen LogP contribution in [0.1, 0.15) is 16.1 Å². The number of hydrogen-bond acceptors (Lipinski definition) is 2. The molecule has 0 fully saturated rings. The number of aryl methyl sites for hydroxylation is 1. The molecule has 76 valence electrons. The molecule has 0 aliphatic carbocycles. The number of aldehydes is 1. The van der Waals surface area contributed by atoms with Gasteiger partial charge in [-0.2, -0.15) is 5.10 Å². The molecule has 2 aromatic rings. The zero-order chi connectivity index (χ0) is 10.8. The van der Waals surface area contributed by atoms with Gasteiger partial charge in [0.15, 0.2) is 6.29 Å². The highest BCUT2D eigenvalue weighted by Crippen LogP contribution is 2.25. The fourth-order valence-electron chi connectivity index (χ4n) is 1.61. The minimum Gasteiger partial charge on any atom is -0.298 e. The zero-order valence-corrected chi connectivity index (χ0v) is 8.77. The van der Waals surface area contributed by atoms with Gasteiger partial charge in [-0.15, -0.1) is 0 Å². The Hall–Kier alpha value is -1.90. The van der Waals surface area contributed by atoms with Gasteiger partial charge >= 0.3 is 0 Å². The lowest BCUT2D eigenvalue weighted by molar-refractivity contribution is 0.112. The third kappa shape index (κ3) is 1.56. The van der Waals surface area contributed by atoms with E-state index in [9.17, 15) is 4.79 Å². The second-order valence-electron chi connectivity index (χ2n) is 3.47. The summed E-state index contributed by atoms with van der Waals surface area (Å²) in [5, 5.41) is 4.17. The van der Waals surface area contributed by atoms with Crippen molar-refractivity contribution in [1.82, 2.24) is 9.78 Å². The average Bonchev–Trinajstić information content (AvgIpc) is 2.60. The van der Waals surface area contributed by atoms with Gasteiger partial charge in [0.05, 0.1) is 6.20 Å². The van der Waals surface area contributed by atoms with Crippen LogP contribution < -0.4 is 0 Å². The highest BCUT2D eigenvalue weighted by atomic mass is 16.1. The van der Waals surface area contributed by atoms with Crippen LogP contribution in [0.4, 0.5) is 0 Å². The Labute approximate surface area is 88.4 Å². The molecule has 1 aromatic heterocycles. The maximum Gasteiger partial charge on any atom is 0.150 e. The Bertz CT molecular complexity index is 500. The summed E-state index contributed by atoms with van der Waals surface area (Å²) in [6.45, 7) is 1.99. The molecule has 0 saturated heterocycles. The molecule has 1 heterocycles. The smallest absolute Gasteiger partial charge is 0.150 e. The monoisotopic (exact) mass is 200 g/mol. The molecule has 1 aromatic carbocycles. The van der Waals surface area contributed by atoms with Crippen LogP contribution in [0, 0.1) is 6.92 Å². The molecule has 0 amide bonds. The van der Waals surface area contributed by atoms with Crippen molar-refractivity contribution in [3.8, 4) is 11.1 Å². The predicted molar refractivity (Wildman–Crippen MR) is 58.8 cm³/mol. The fourth-order valence-corrected chi connectivity index (χ4v) is 1.61. The van der Waals surface area contributed by atoms with E-state index in [1.165, 1.54) is 0 Å². The molecule has 0 radical (unpaired) electrons. The summed E-state index contributed by atoms with van der Waals surface area (Å²) >= 11 is 0. The van der Waals surface area contributed by atoms with Crippen molar-refractivity contribution >= 4 is 6.29 Å². The van der Waals surface area contributed by atoms with E-state index in [1.807, 2.05) is 38.2 Å². The number of aromatic nitrogens is 2. The molecule has 0 aliphatic heterocycles. The van der Waals surface area contributed by atoms with Crippen LogP contribution in [0.3, 0.4) is 0 Å². The van der Waals surface area contributed by atoms with E-state index in [0.29, 0.717) is 5.56 Å². The highest BCUT2D eigenvalue weighted by molar-refractivity contribution is 5.87. The van der Waals surface area contributed by atoms with Gasteiger partial charge in [0.2, 0.25) is 0 Å². The van der Waals surface area contributed by atoms with Crippen LogP contribution in [0.15, 0.2) is 30.5 Å². The molecule has 3 nitrogen and oxygen atoms in total. The van der Waals surface area contributed by atoms with Gasteiger partial charge in [-0.3, -0.25) is 9.48 Å². The minimum atomic E-state index is 0.702. The predicted octanol–water partition coefficient (Wildman–Crippen LogP) is 2.21. The van der Waals surface area contributed by atoms with E-state index in [1.54, 1.807) is 10.9 Å². The maximum absolute atomic E-state index is 10.9. The van der Waals surface area contributed by atoms with E-state index < -0.39 is 0 Å². The topological polar surface area (TPSA) is 34.9 Å². The van der Waals surface area contributed by atoms with Crippen molar-refractivity contribution in [1.29, 1.82) is 0 Å². The zero-order valence-electron chi connectivity index (χ0n) is 8.77. The summed E-state index contributed by atoms with van der Waals surface area (Å²) in [7, 11) is 1.89. The lowest BCUT2D eigenvalue weighted by Crippen LogP contribution is -1.93. The van der Waals surface area contributed by atoms with Crippen LogP contribution >= 0.6 is 0 Å². The average molecular weight is 200 g/mol. The number of rotatable bonds is 2. The van der Waals surface area contributed by atoms with E-state index in [0.717, 1.165) is 23.1 Å². The Balaban J connectivity index is 2.63. The molecule has 0 atom stereocenters. The van der Waals surface area contributed by atoms with Crippen LogP contribution in [0.25, 0.3) is 11.1 Å². The van der Waals surface area contributed by atoms with Gasteiger partial charge in [0.1, 0.15) is 0 Å². The van der Waals surface area contributed by atoms with E-state index in [-0.39, 0.29) is 0 Å². The van der Waals surface area contributed by atoms with Gasteiger partial charge < -0.3 is 0 Å². The molecule has 0 spiro atoms. The third-order valence-corrected chi connectivity index (χ3v) is 2.61. The first-order valence-corrected chi connectivity index (χ1v) is 4.77. The van der Waals surface area contributed by atoms with E-state index in [4.69, 9.17) is 0 Å². The Kier molecular flexibility index (Phi) is 2.37. The molecule has 0 aliphatic rings. The quantitative estimate of drug-likeness (QED) is 0.696. The van der Waals surface area contributed by atoms with Crippen molar-refractivity contribution in [2.75, 3.05) is 0 Å². The fraction of sp³-hybridized carbons (Fsp3) is 0.167. The van der Waals surface area contributed by atoms with Crippen LogP contribution in [-0.4, -0.2) is 16.1 Å². The number of nitrogens with zero attached hydrogens (tertiary/aromatic N) is 2. The molecule has 15 heavy (non-hydrogen) atoms. The molecular formula is C12H12N2O. The van der Waals surface area contributed by atoms with Crippen molar-refractivity contribution in [3.05, 3.63) is 41.7 Å². The highest BCUT2D eigenvalue weighted by Gasteiger charge is 2.09. The van der Waals surface area contributed by atoms with Crippen molar-refractivity contribution in [2.45, 2.75) is 6.92 Å². The Morgan fingerprint density at radius 3 is 2.60 bits per heavy atom. The maximum atomic E-state index is 10.9. The lowest BCUT2D eigenvalue weighted by atomic mass is 10.0. The number of benzene rings is 1. The van der Waals surface area contributed by atoms with Crippen molar-refractivity contribution in [3.63, 3.8) is 0 Å². The molecular weight excluding hydrogens is 188 g/mol. The molecule has 2 rings (SSSR count). The third-order valence-electron chi connectivity index (χ3n) is 2.61. The summed E-state index contributed by atoms with van der Waals surface area (Å²) in [6, 6.07) is 7.54. The largest absolute Gasteiger partial charge is 0.298 e. The lowest BCUT2D eigenvalue weighted by Gasteiger charge is -2.03. The van der Waals surface area contributed by atoms with Crippen LogP contribution in [0.2, 0.25) is 0 Å². The van der Waals surface area contributed by atoms with Crippen molar-refractivity contribution in [2.24, 2.45) is 7.05 Å². The standard InChI is InChI=1S/C12H12N2O/c1-9-12(7-13-14(9)2)11-6-4-3-5-10(11)8-15/h3-8H,1-2H3. The Morgan fingerprint density at radius 2 is 2.00 bits per heavy atom. The van der Waals surface area contributed by atoms with Crippen LogP contribution in [0.5, 0.6) is 0 Å². The second kappa shape index (κ2) is 3.69. The number of hydrogen-bond donors (Lipinski definition) is 0. The van der Waals surface area contributed by atoms with Gasteiger partial charge in [0, 0.05) is 23.9 Å². The summed E-state index contributed by atoms with van der Waals surface area (Å²) in [5.41, 5.74) is 3.72. The first-order valence-electron chi connectivity index (χ1n) is 4.77. The Morgan fingerprint density at radius 1 is 1.27 bits per heavy atom. The molecule has 0 bridgehead atoms. The molecule has 0 saturated carbocycles. The first-order chi connectivity index (χ1) is 7.24. The van der Waals surface area contributed by atoms with Gasteiger partial charge in [-0.25, -0.2) is 0 Å². The number of carbonyl (C=O) groups is 1. The summed E-state index contributed by atoms with van der Waals surface area (Å²) in [6.07, 6.45) is 2.67. The van der Waals surface area contributed by atoms with E-state index >= 15 is 0 Å². The van der Waals surface area contributed by atoms with Crippen molar-refractivity contribution < 1.29 is 4.79 Å². The minimum absolute atomic E-state index is 0.702. The molecule has 0 N–H and O–H groups in total. The summed E-state index contributed by atoms with van der Waals surface area (Å²) in [4.78, 5) is 10.9. The van der Waals surface area contributed by atoms with Gasteiger partial charge in [-0.1, -0.05) is 24.3 Å². The van der Waals surface area contributed by atoms with Gasteiger partial charge in [-0.05, 0) is 12.5 Å². The molecule has 0 unspecified atom stereocenters. The van der Waals surface area contributed by atoms with Gasteiger partial charge in [0.25, 0.3) is 0 Å². The second-order valence-corrected chi connectivity index (χ2v) is 3.47. The normalized spacial score (nSPS) is 10.3. The SMILES string of the molecule is Cc1c(-c2ccccc2C=O)cnn1C. The number of carbonyl (C=O) groups excluding carboxylic acids is 1. The molecule has 3 heteroatoms. The summed E-state index contributed by atoms with van der Waals surface area (Å²) < 4.78 is 1.80.